The Labute approximate surface area is 229 Å². The monoisotopic (exact) mass is 538 g/mol. The number of amides is 3. The van der Waals surface area contributed by atoms with Crippen LogP contribution >= 0.6 is 0 Å². The Morgan fingerprint density at radius 2 is 0.895 bits per heavy atom. The molecule has 10 heteroatoms. The molecule has 0 aromatic heterocycles. The lowest BCUT2D eigenvalue weighted by Gasteiger charge is -2.33. The summed E-state index contributed by atoms with van der Waals surface area (Å²) in [6, 6.07) is 0. The molecule has 1 aliphatic heterocycles. The summed E-state index contributed by atoms with van der Waals surface area (Å²) in [6.07, 6.45) is 5.49. The van der Waals surface area contributed by atoms with E-state index in [-0.39, 0.29) is 6.54 Å². The molecule has 0 spiro atoms. The van der Waals surface area contributed by atoms with Crippen LogP contribution in [0.5, 0.6) is 0 Å². The molecule has 1 rings (SSSR count). The molecule has 0 aromatic carbocycles. The average Bonchev–Trinajstić information content (AvgIpc) is 2.72. The molecule has 0 atom stereocenters. The van der Waals surface area contributed by atoms with Gasteiger partial charge in [-0.25, -0.2) is 14.4 Å². The van der Waals surface area contributed by atoms with Crippen molar-refractivity contribution in [2.75, 3.05) is 58.9 Å². The van der Waals surface area contributed by atoms with E-state index in [0.717, 1.165) is 0 Å². The second kappa shape index (κ2) is 14.5. The van der Waals surface area contributed by atoms with Crippen LogP contribution in [0.4, 0.5) is 14.4 Å². The summed E-state index contributed by atoms with van der Waals surface area (Å²) in [6.45, 7) is 20.2. The minimum Gasteiger partial charge on any atom is -0.444 e. The van der Waals surface area contributed by atoms with Crippen LogP contribution in [0.1, 0.15) is 75.2 Å². The van der Waals surface area contributed by atoms with Gasteiger partial charge in [0, 0.05) is 52.4 Å². The van der Waals surface area contributed by atoms with E-state index in [0.29, 0.717) is 65.2 Å². The Bertz CT molecular complexity index is 819. The van der Waals surface area contributed by atoms with E-state index in [9.17, 15) is 14.4 Å². The third-order valence-corrected chi connectivity index (χ3v) is 5.35. The summed E-state index contributed by atoms with van der Waals surface area (Å²) < 4.78 is 16.9. The van der Waals surface area contributed by atoms with E-state index in [2.05, 4.69) is 10.8 Å². The number of rotatable bonds is 1. The number of terminal acetylenes is 1. The van der Waals surface area contributed by atoms with E-state index in [1.165, 1.54) is 0 Å². The fraction of sp³-hybridized carbons (Fsp3) is 0.821. The van der Waals surface area contributed by atoms with Crippen molar-refractivity contribution in [3.05, 3.63) is 0 Å². The summed E-state index contributed by atoms with van der Waals surface area (Å²) in [7, 11) is 0. The quantitative estimate of drug-likeness (QED) is 0.360. The molecular weight excluding hydrogens is 488 g/mol. The van der Waals surface area contributed by atoms with Gasteiger partial charge in [0.15, 0.2) is 0 Å². The smallest absolute Gasteiger partial charge is 0.410 e. The predicted octanol–water partition coefficient (Wildman–Crippen LogP) is 4.43. The van der Waals surface area contributed by atoms with Crippen LogP contribution in [0, 0.1) is 12.3 Å². The first kappa shape index (κ1) is 33.4. The molecule has 0 aliphatic carbocycles. The minimum atomic E-state index is -0.663. The Hall–Kier alpha value is -2.67. The van der Waals surface area contributed by atoms with Gasteiger partial charge in [0.25, 0.3) is 0 Å². The van der Waals surface area contributed by atoms with Gasteiger partial charge < -0.3 is 28.9 Å². The third-order valence-electron chi connectivity index (χ3n) is 5.35. The lowest BCUT2D eigenvalue weighted by atomic mass is 10.2. The number of hydrogen-bond donors (Lipinski definition) is 0. The molecule has 0 N–H and O–H groups in total. The maximum absolute atomic E-state index is 13.0. The standard InChI is InChI=1S/C28H50N4O6/c1-11-14-29-15-12-16-31(24(34)37-27(5,6)7)21-22-32(25(35)38-28(8,9)10)18-13-17-30(20-19-29)23(33)36-26(2,3)4/h1H,12-22H2,2-10H3. The molecule has 218 valence electrons. The fourth-order valence-electron chi connectivity index (χ4n) is 3.70. The summed E-state index contributed by atoms with van der Waals surface area (Å²) in [5.74, 6) is 2.68. The first-order valence-corrected chi connectivity index (χ1v) is 13.5. The Balaban J connectivity index is 3.17. The summed E-state index contributed by atoms with van der Waals surface area (Å²) in [5, 5.41) is 0. The zero-order valence-electron chi connectivity index (χ0n) is 25.1. The largest absolute Gasteiger partial charge is 0.444 e. The van der Waals surface area contributed by atoms with E-state index < -0.39 is 35.1 Å². The zero-order chi connectivity index (χ0) is 29.1. The van der Waals surface area contributed by atoms with Crippen LogP contribution in [0.3, 0.4) is 0 Å². The van der Waals surface area contributed by atoms with Crippen LogP contribution < -0.4 is 0 Å². The Morgan fingerprint density at radius 1 is 0.579 bits per heavy atom. The highest BCUT2D eigenvalue weighted by Gasteiger charge is 2.28. The van der Waals surface area contributed by atoms with Crippen molar-refractivity contribution in [2.24, 2.45) is 0 Å². The first-order valence-electron chi connectivity index (χ1n) is 13.5. The lowest BCUT2D eigenvalue weighted by molar-refractivity contribution is 0.0104. The molecule has 38 heavy (non-hydrogen) atoms. The lowest BCUT2D eigenvalue weighted by Crippen LogP contribution is -2.47. The highest BCUT2D eigenvalue weighted by Crippen LogP contribution is 2.15. The second-order valence-electron chi connectivity index (χ2n) is 12.6. The molecule has 1 fully saturated rings. The van der Waals surface area contributed by atoms with Gasteiger partial charge in [0.2, 0.25) is 0 Å². The molecule has 3 amide bonds. The van der Waals surface area contributed by atoms with Crippen LogP contribution in [0.2, 0.25) is 0 Å². The van der Waals surface area contributed by atoms with Crippen molar-refractivity contribution < 1.29 is 28.6 Å². The molecular formula is C28H50N4O6. The Kier molecular flexibility index (Phi) is 12.7. The summed E-state index contributed by atoms with van der Waals surface area (Å²) in [5.41, 5.74) is -1.92. The van der Waals surface area contributed by atoms with E-state index in [4.69, 9.17) is 20.6 Å². The molecule has 1 aliphatic rings. The molecule has 0 radical (unpaired) electrons. The number of nitrogens with zero attached hydrogens (tertiary/aromatic N) is 4. The van der Waals surface area contributed by atoms with Crippen LogP contribution in [-0.2, 0) is 14.2 Å². The van der Waals surface area contributed by atoms with Crippen molar-refractivity contribution in [3.63, 3.8) is 0 Å². The van der Waals surface area contributed by atoms with Gasteiger partial charge >= 0.3 is 18.3 Å². The number of ether oxygens (including phenoxy) is 3. The third kappa shape index (κ3) is 14.3. The number of hydrogen-bond acceptors (Lipinski definition) is 7. The summed E-state index contributed by atoms with van der Waals surface area (Å²) >= 11 is 0. The fourth-order valence-corrected chi connectivity index (χ4v) is 3.70. The van der Waals surface area contributed by atoms with Crippen molar-refractivity contribution in [3.8, 4) is 12.3 Å². The zero-order valence-corrected chi connectivity index (χ0v) is 25.1. The van der Waals surface area contributed by atoms with E-state index in [1.807, 2.05) is 62.3 Å². The molecule has 0 unspecified atom stereocenters. The van der Waals surface area contributed by atoms with Crippen molar-refractivity contribution in [1.82, 2.24) is 19.6 Å². The predicted molar refractivity (Wildman–Crippen MR) is 148 cm³/mol. The van der Waals surface area contributed by atoms with Gasteiger partial charge in [-0.2, -0.15) is 0 Å². The minimum absolute atomic E-state index is 0.272. The summed E-state index contributed by atoms with van der Waals surface area (Å²) in [4.78, 5) is 45.9. The first-order chi connectivity index (χ1) is 17.4. The maximum Gasteiger partial charge on any atom is 0.410 e. The van der Waals surface area contributed by atoms with Gasteiger partial charge in [0.1, 0.15) is 16.8 Å². The average molecular weight is 539 g/mol. The SMILES string of the molecule is C#CCN1CCCN(C(=O)OC(C)(C)C)CCN(C(=O)OC(C)(C)C)CCCN(C(=O)OC(C)(C)C)CC1. The van der Waals surface area contributed by atoms with Crippen LogP contribution in [0.25, 0.3) is 0 Å². The Morgan fingerprint density at radius 3 is 1.21 bits per heavy atom. The van der Waals surface area contributed by atoms with Gasteiger partial charge in [-0.05, 0) is 75.2 Å². The molecule has 0 saturated carbocycles. The molecule has 10 nitrogen and oxygen atoms in total. The normalized spacial score (nSPS) is 17.7. The van der Waals surface area contributed by atoms with Crippen LogP contribution in [-0.4, -0.2) is 114 Å². The maximum atomic E-state index is 13.0. The van der Waals surface area contributed by atoms with E-state index >= 15 is 0 Å². The highest BCUT2D eigenvalue weighted by molar-refractivity contribution is 5.70. The van der Waals surface area contributed by atoms with Crippen LogP contribution in [0.15, 0.2) is 0 Å². The number of carbonyl (C=O) groups is 3. The number of carbonyl (C=O) groups excluding carboxylic acids is 3. The van der Waals surface area contributed by atoms with E-state index in [1.54, 1.807) is 14.7 Å². The second-order valence-corrected chi connectivity index (χ2v) is 12.6. The van der Waals surface area contributed by atoms with Crippen molar-refractivity contribution >= 4 is 18.3 Å². The van der Waals surface area contributed by atoms with Gasteiger partial charge in [-0.1, -0.05) is 5.92 Å². The highest BCUT2D eigenvalue weighted by atomic mass is 16.6. The van der Waals surface area contributed by atoms with Gasteiger partial charge in [-0.3, -0.25) is 4.90 Å². The van der Waals surface area contributed by atoms with Crippen molar-refractivity contribution in [1.29, 1.82) is 0 Å². The molecule has 1 heterocycles. The molecule has 0 aromatic rings. The van der Waals surface area contributed by atoms with Crippen molar-refractivity contribution in [2.45, 2.75) is 92.0 Å². The molecule has 1 saturated heterocycles. The molecule has 0 bridgehead atoms. The topological polar surface area (TPSA) is 91.9 Å². The van der Waals surface area contributed by atoms with Gasteiger partial charge in [-0.15, -0.1) is 6.42 Å². The van der Waals surface area contributed by atoms with Gasteiger partial charge in [0.05, 0.1) is 6.54 Å².